The number of aliphatic hydroxyl groups is 3. The lowest BCUT2D eigenvalue weighted by atomic mass is 9.45. The van der Waals surface area contributed by atoms with Crippen LogP contribution in [0.2, 0.25) is 0 Å². The SMILES string of the molecule is C=C[C@@]12Cc3c(-c4ccc(NC)c(CC)c4OC)ccc(N)c3C(O)=C1C(=O)[C@]1(O)C(O)=C(C(N)=O)C(=O)[C@@H](N(C)C)[C@]1(C=C)C2. The molecule has 11 heteroatoms. The summed E-state index contributed by atoms with van der Waals surface area (Å²) in [6, 6.07) is 5.93. The summed E-state index contributed by atoms with van der Waals surface area (Å²) >= 11 is 0. The van der Waals surface area contributed by atoms with Crippen LogP contribution in [0.15, 0.2) is 66.5 Å². The number of ether oxygens (including phenoxy) is 1. The number of ketones is 2. The summed E-state index contributed by atoms with van der Waals surface area (Å²) in [7, 11) is 6.50. The number of benzene rings is 2. The van der Waals surface area contributed by atoms with Crippen LogP contribution in [0, 0.1) is 10.8 Å². The number of nitrogens with zero attached hydrogens (tertiary/aromatic N) is 1. The molecule has 0 aliphatic heterocycles. The molecule has 0 saturated heterocycles. The van der Waals surface area contributed by atoms with E-state index in [1.165, 1.54) is 17.1 Å². The molecule has 242 valence electrons. The van der Waals surface area contributed by atoms with Crippen LogP contribution < -0.4 is 21.5 Å². The summed E-state index contributed by atoms with van der Waals surface area (Å²) in [4.78, 5) is 42.4. The minimum Gasteiger partial charge on any atom is -0.508 e. The van der Waals surface area contributed by atoms with Crippen molar-refractivity contribution in [1.29, 1.82) is 0 Å². The Morgan fingerprint density at radius 1 is 1.15 bits per heavy atom. The van der Waals surface area contributed by atoms with Gasteiger partial charge in [-0.3, -0.25) is 19.3 Å². The Kier molecular flexibility index (Phi) is 7.70. The number of fused-ring (bicyclic) bond motifs is 3. The smallest absolute Gasteiger partial charge is 0.255 e. The van der Waals surface area contributed by atoms with Crippen molar-refractivity contribution in [3.63, 3.8) is 0 Å². The number of nitrogens with one attached hydrogen (secondary N) is 1. The molecule has 0 heterocycles. The number of rotatable bonds is 8. The molecule has 3 aliphatic rings. The van der Waals surface area contributed by atoms with E-state index < -0.39 is 57.0 Å². The molecule has 1 saturated carbocycles. The van der Waals surface area contributed by atoms with Crippen molar-refractivity contribution in [2.45, 2.75) is 37.8 Å². The molecule has 0 aromatic heterocycles. The Balaban J connectivity index is 1.89. The van der Waals surface area contributed by atoms with Crippen molar-refractivity contribution >= 4 is 34.6 Å². The average Bonchev–Trinajstić information content (AvgIpc) is 3.01. The highest BCUT2D eigenvalue weighted by Gasteiger charge is 2.73. The third-order valence-corrected chi connectivity index (χ3v) is 10.1. The molecular formula is C35H40N4O7. The van der Waals surface area contributed by atoms with Crippen LogP contribution in [0.1, 0.15) is 30.0 Å². The van der Waals surface area contributed by atoms with Crippen molar-refractivity contribution in [1.82, 2.24) is 4.90 Å². The summed E-state index contributed by atoms with van der Waals surface area (Å²) in [5.74, 6) is -4.36. The molecule has 1 amide bonds. The minimum atomic E-state index is -2.89. The average molecular weight is 629 g/mol. The number of aliphatic hydroxyl groups excluding tert-OH is 2. The number of primary amides is 1. The molecule has 5 rings (SSSR count). The zero-order valence-corrected chi connectivity index (χ0v) is 26.7. The zero-order chi connectivity index (χ0) is 34.1. The van der Waals surface area contributed by atoms with Crippen LogP contribution in [0.4, 0.5) is 11.4 Å². The number of allylic oxidation sites excluding steroid dienone is 1. The lowest BCUT2D eigenvalue weighted by Crippen LogP contribution is -2.73. The quantitative estimate of drug-likeness (QED) is 0.144. The highest BCUT2D eigenvalue weighted by atomic mass is 16.5. The van der Waals surface area contributed by atoms with Crippen molar-refractivity contribution in [3.8, 4) is 16.9 Å². The van der Waals surface area contributed by atoms with E-state index in [4.69, 9.17) is 16.2 Å². The molecule has 3 aliphatic carbocycles. The van der Waals surface area contributed by atoms with Crippen molar-refractivity contribution in [3.05, 3.63) is 83.2 Å². The van der Waals surface area contributed by atoms with Crippen LogP contribution in [0.25, 0.3) is 16.9 Å². The number of anilines is 2. The van der Waals surface area contributed by atoms with Crippen molar-refractivity contribution in [2.24, 2.45) is 16.6 Å². The van der Waals surface area contributed by atoms with E-state index in [0.29, 0.717) is 23.3 Å². The standard InChI is InChI=1S/C35H40N4O7/c1-8-17-22(38-4)14-12-19(28(17)46-7)18-11-13-21(36)23-20(18)15-33(9-2)16-34(10-3)29(39(5)6)27(41)24(32(37)44)30(42)35(34,45)31(43)25(33)26(23)40/h9-14,29,38,40,42,45H,2-3,8,15-16,36H2,1,4-7H3,(H2,37,44)/t29-,33+,34+,35-/m1/s1. The second kappa shape index (κ2) is 10.9. The van der Waals surface area contributed by atoms with E-state index in [2.05, 4.69) is 18.5 Å². The second-order valence-electron chi connectivity index (χ2n) is 12.4. The topological polar surface area (TPSA) is 188 Å². The Bertz CT molecular complexity index is 1810. The normalized spacial score (nSPS) is 27.2. The van der Waals surface area contributed by atoms with Gasteiger partial charge in [0.1, 0.15) is 22.8 Å². The lowest BCUT2D eigenvalue weighted by Gasteiger charge is -2.60. The highest BCUT2D eigenvalue weighted by molar-refractivity contribution is 6.25. The first-order valence-corrected chi connectivity index (χ1v) is 14.9. The van der Waals surface area contributed by atoms with Gasteiger partial charge in [0.15, 0.2) is 11.4 Å². The molecule has 0 unspecified atom stereocenters. The van der Waals surface area contributed by atoms with E-state index in [1.807, 2.05) is 32.2 Å². The Morgan fingerprint density at radius 3 is 2.33 bits per heavy atom. The van der Waals surface area contributed by atoms with Gasteiger partial charge in [-0.25, -0.2) is 0 Å². The highest BCUT2D eigenvalue weighted by Crippen LogP contribution is 2.64. The summed E-state index contributed by atoms with van der Waals surface area (Å²) in [5, 5.41) is 39.0. The van der Waals surface area contributed by atoms with E-state index in [0.717, 1.165) is 16.8 Å². The number of methoxy groups -OCH3 is 1. The maximum Gasteiger partial charge on any atom is 0.255 e. The molecule has 46 heavy (non-hydrogen) atoms. The van der Waals surface area contributed by atoms with Crippen LogP contribution in [0.5, 0.6) is 5.75 Å². The third-order valence-electron chi connectivity index (χ3n) is 10.1. The summed E-state index contributed by atoms with van der Waals surface area (Å²) in [6.07, 6.45) is 3.31. The molecule has 11 nitrogen and oxygen atoms in total. The predicted molar refractivity (Wildman–Crippen MR) is 176 cm³/mol. The summed E-state index contributed by atoms with van der Waals surface area (Å²) < 4.78 is 5.92. The molecule has 0 radical (unpaired) electrons. The Morgan fingerprint density at radius 2 is 1.80 bits per heavy atom. The van der Waals surface area contributed by atoms with Gasteiger partial charge < -0.3 is 36.8 Å². The molecule has 2 aromatic carbocycles. The maximum atomic E-state index is 14.7. The number of carbonyl (C=O) groups excluding carboxylic acids is 3. The zero-order valence-electron chi connectivity index (χ0n) is 26.7. The van der Waals surface area contributed by atoms with Gasteiger partial charge in [-0.1, -0.05) is 25.1 Å². The Hall–Kier alpha value is -4.87. The minimum absolute atomic E-state index is 0.0723. The summed E-state index contributed by atoms with van der Waals surface area (Å²) in [5.41, 5.74) is 8.86. The van der Waals surface area contributed by atoms with Crippen LogP contribution in [-0.4, -0.2) is 77.6 Å². The molecule has 4 atom stereocenters. The Labute approximate surface area is 267 Å². The number of nitrogens with two attached hydrogens (primary N) is 2. The third kappa shape index (κ3) is 3.88. The number of carbonyl (C=O) groups is 3. The number of hydrogen-bond donors (Lipinski definition) is 6. The monoisotopic (exact) mass is 628 g/mol. The van der Waals surface area contributed by atoms with E-state index in [-0.39, 0.29) is 29.7 Å². The number of hydrogen-bond acceptors (Lipinski definition) is 10. The number of nitrogen functional groups attached to an aromatic ring is 1. The molecule has 0 bridgehead atoms. The number of amides is 1. The molecule has 0 spiro atoms. The largest absolute Gasteiger partial charge is 0.508 e. The van der Waals surface area contributed by atoms with Gasteiger partial charge in [-0.2, -0.15) is 0 Å². The first kappa shape index (κ1) is 32.5. The van der Waals surface area contributed by atoms with Gasteiger partial charge in [0.25, 0.3) is 5.91 Å². The van der Waals surface area contributed by atoms with Gasteiger partial charge in [0.2, 0.25) is 5.78 Å². The van der Waals surface area contributed by atoms with Crippen LogP contribution in [0.3, 0.4) is 0 Å². The van der Waals surface area contributed by atoms with Crippen molar-refractivity contribution < 1.29 is 34.4 Å². The van der Waals surface area contributed by atoms with E-state index in [9.17, 15) is 29.7 Å². The summed E-state index contributed by atoms with van der Waals surface area (Å²) in [6.45, 7) is 9.99. The first-order valence-electron chi connectivity index (χ1n) is 14.9. The van der Waals surface area contributed by atoms with E-state index >= 15 is 0 Å². The number of likely N-dealkylation sites (N-methyl/N-ethyl adjacent to an activating group) is 1. The van der Waals surface area contributed by atoms with Crippen LogP contribution in [-0.2, 0) is 27.2 Å². The molecule has 1 fully saturated rings. The van der Waals surface area contributed by atoms with Gasteiger partial charge in [-0.15, -0.1) is 13.2 Å². The maximum absolute atomic E-state index is 14.7. The van der Waals surface area contributed by atoms with Crippen LogP contribution >= 0.6 is 0 Å². The van der Waals surface area contributed by atoms with Gasteiger partial charge in [0, 0.05) is 40.5 Å². The molecular weight excluding hydrogens is 588 g/mol. The van der Waals surface area contributed by atoms with Gasteiger partial charge in [-0.05, 0) is 62.7 Å². The fourth-order valence-corrected chi connectivity index (χ4v) is 8.13. The molecule has 8 N–H and O–H groups in total. The van der Waals surface area contributed by atoms with Crippen molar-refractivity contribution in [2.75, 3.05) is 39.3 Å². The second-order valence-corrected chi connectivity index (χ2v) is 12.4. The van der Waals surface area contributed by atoms with Gasteiger partial charge >= 0.3 is 0 Å². The fraction of sp³-hybridized carbons (Fsp3) is 0.343. The first-order chi connectivity index (χ1) is 21.7. The van der Waals surface area contributed by atoms with E-state index in [1.54, 1.807) is 27.3 Å². The number of Topliss-reactive ketones (excluding diaryl/α,β-unsaturated/α-hetero) is 2. The predicted octanol–water partition coefficient (Wildman–Crippen LogP) is 3.23. The fourth-order valence-electron chi connectivity index (χ4n) is 8.13. The molecule has 2 aromatic rings. The van der Waals surface area contributed by atoms with Gasteiger partial charge in [0.05, 0.1) is 24.1 Å². The lowest BCUT2D eigenvalue weighted by molar-refractivity contribution is -0.168.